The molecule has 150 valence electrons. The van der Waals surface area contributed by atoms with E-state index in [4.69, 9.17) is 4.74 Å². The molecule has 7 nitrogen and oxygen atoms in total. The van der Waals surface area contributed by atoms with Crippen LogP contribution in [-0.2, 0) is 4.74 Å². The molecule has 1 fully saturated rings. The average molecular weight is 383 g/mol. The van der Waals surface area contributed by atoms with Crippen molar-refractivity contribution in [3.63, 3.8) is 0 Å². The smallest absolute Gasteiger partial charge is 0.410 e. The van der Waals surface area contributed by atoms with Crippen LogP contribution in [0.2, 0.25) is 0 Å². The molecule has 3 heterocycles. The Bertz CT molecular complexity index is 819. The molecule has 0 bridgehead atoms. The maximum atomic E-state index is 12.5. The van der Waals surface area contributed by atoms with Gasteiger partial charge in [0.1, 0.15) is 11.4 Å². The minimum Gasteiger partial charge on any atom is -0.444 e. The van der Waals surface area contributed by atoms with Crippen LogP contribution in [0.1, 0.15) is 39.8 Å². The van der Waals surface area contributed by atoms with Crippen LogP contribution in [-0.4, -0.2) is 50.7 Å². The molecule has 0 aromatic carbocycles. The second-order valence-electron chi connectivity index (χ2n) is 8.40. The van der Waals surface area contributed by atoms with Gasteiger partial charge < -0.3 is 15.0 Å². The first-order chi connectivity index (χ1) is 13.2. The van der Waals surface area contributed by atoms with Crippen LogP contribution in [0.4, 0.5) is 10.6 Å². The van der Waals surface area contributed by atoms with Gasteiger partial charge in [0.2, 0.25) is 0 Å². The van der Waals surface area contributed by atoms with Crippen molar-refractivity contribution in [1.82, 2.24) is 19.9 Å². The van der Waals surface area contributed by atoms with Crippen LogP contribution < -0.4 is 5.32 Å². The normalized spacial score (nSPS) is 20.0. The van der Waals surface area contributed by atoms with Crippen LogP contribution in [0, 0.1) is 12.8 Å². The number of piperidine rings is 1. The lowest BCUT2D eigenvalue weighted by Crippen LogP contribution is -2.50. The zero-order chi connectivity index (χ0) is 20.3. The first kappa shape index (κ1) is 20.0. The number of aryl methyl sites for hydroxylation is 1. The number of anilines is 1. The number of hydrogen-bond acceptors (Lipinski definition) is 6. The monoisotopic (exact) mass is 383 g/mol. The molecule has 0 aliphatic carbocycles. The second kappa shape index (κ2) is 8.12. The van der Waals surface area contributed by atoms with Gasteiger partial charge in [-0.05, 0) is 52.2 Å². The van der Waals surface area contributed by atoms with Crippen LogP contribution in [0.5, 0.6) is 0 Å². The maximum Gasteiger partial charge on any atom is 0.410 e. The highest BCUT2D eigenvalue weighted by Gasteiger charge is 2.31. The number of likely N-dealkylation sites (tertiary alicyclic amines) is 1. The van der Waals surface area contributed by atoms with Crippen molar-refractivity contribution >= 4 is 11.9 Å². The Morgan fingerprint density at radius 2 is 2.11 bits per heavy atom. The number of amides is 1. The minimum absolute atomic E-state index is 0.0947. The molecule has 1 N–H and O–H groups in total. The summed E-state index contributed by atoms with van der Waals surface area (Å²) in [5.41, 5.74) is 1.26. The molecule has 28 heavy (non-hydrogen) atoms. The van der Waals surface area contributed by atoms with Crippen molar-refractivity contribution in [2.45, 2.75) is 52.7 Å². The Morgan fingerprint density at radius 1 is 1.32 bits per heavy atom. The van der Waals surface area contributed by atoms with Gasteiger partial charge in [-0.2, -0.15) is 0 Å². The molecule has 1 amide bonds. The molecule has 2 aromatic rings. The van der Waals surface area contributed by atoms with Gasteiger partial charge in [-0.1, -0.05) is 6.92 Å². The van der Waals surface area contributed by atoms with Crippen molar-refractivity contribution in [2.75, 3.05) is 18.4 Å². The fourth-order valence-corrected chi connectivity index (χ4v) is 3.21. The molecular formula is C21H29N5O2. The lowest BCUT2D eigenvalue weighted by Gasteiger charge is -2.38. The van der Waals surface area contributed by atoms with Gasteiger partial charge in [0.25, 0.3) is 0 Å². The van der Waals surface area contributed by atoms with E-state index in [2.05, 4.69) is 27.2 Å². The van der Waals surface area contributed by atoms with Gasteiger partial charge in [0.15, 0.2) is 5.82 Å². The van der Waals surface area contributed by atoms with Crippen molar-refractivity contribution in [2.24, 2.45) is 5.92 Å². The molecule has 2 atom stereocenters. The zero-order valence-electron chi connectivity index (χ0n) is 17.3. The summed E-state index contributed by atoms with van der Waals surface area (Å²) in [6.45, 7) is 11.1. The molecular weight excluding hydrogens is 354 g/mol. The minimum atomic E-state index is -0.495. The van der Waals surface area contributed by atoms with Crippen molar-refractivity contribution < 1.29 is 9.53 Å². The molecule has 1 saturated heterocycles. The molecule has 0 radical (unpaired) electrons. The number of nitrogens with zero attached hydrogens (tertiary/aromatic N) is 4. The topological polar surface area (TPSA) is 80.2 Å². The number of carbonyl (C=O) groups excluding carboxylic acids is 1. The Hall–Kier alpha value is -2.70. The third-order valence-electron chi connectivity index (χ3n) is 4.72. The summed E-state index contributed by atoms with van der Waals surface area (Å²) in [7, 11) is 0. The fraction of sp³-hybridized carbons (Fsp3) is 0.524. The van der Waals surface area contributed by atoms with E-state index >= 15 is 0 Å². The predicted molar refractivity (Wildman–Crippen MR) is 109 cm³/mol. The highest BCUT2D eigenvalue weighted by molar-refractivity contribution is 5.68. The highest BCUT2D eigenvalue weighted by Crippen LogP contribution is 2.24. The summed E-state index contributed by atoms with van der Waals surface area (Å²) >= 11 is 0. The van der Waals surface area contributed by atoms with E-state index in [0.717, 1.165) is 23.5 Å². The van der Waals surface area contributed by atoms with Crippen LogP contribution >= 0.6 is 0 Å². The summed E-state index contributed by atoms with van der Waals surface area (Å²) < 4.78 is 5.53. The Balaban J connectivity index is 1.75. The second-order valence-corrected chi connectivity index (χ2v) is 8.40. The molecule has 2 unspecified atom stereocenters. The zero-order valence-corrected chi connectivity index (χ0v) is 17.3. The number of rotatable bonds is 3. The number of pyridine rings is 1. The number of carbonyl (C=O) groups is 1. The van der Waals surface area contributed by atoms with Gasteiger partial charge in [-0.15, -0.1) is 0 Å². The van der Waals surface area contributed by atoms with E-state index < -0.39 is 5.60 Å². The van der Waals surface area contributed by atoms with E-state index in [1.54, 1.807) is 17.3 Å². The molecule has 1 aliphatic heterocycles. The van der Waals surface area contributed by atoms with Crippen LogP contribution in [0.3, 0.4) is 0 Å². The quantitative estimate of drug-likeness (QED) is 0.866. The summed E-state index contributed by atoms with van der Waals surface area (Å²) in [6.07, 6.45) is 4.14. The molecule has 0 spiro atoms. The largest absolute Gasteiger partial charge is 0.444 e. The maximum absolute atomic E-state index is 12.5. The average Bonchev–Trinajstić information content (AvgIpc) is 2.62. The SMILES string of the molecule is Cc1cc(NC2CN(C(=O)OC(C)(C)C)CCC2C)nc(-c2cccnc2)n1. The number of aromatic nitrogens is 3. The van der Waals surface area contributed by atoms with Gasteiger partial charge in [-0.25, -0.2) is 14.8 Å². The third kappa shape index (κ3) is 5.18. The van der Waals surface area contributed by atoms with E-state index in [1.165, 1.54) is 0 Å². The number of hydrogen-bond donors (Lipinski definition) is 1. The summed E-state index contributed by atoms with van der Waals surface area (Å²) in [5.74, 6) is 1.81. The standard InChI is InChI=1S/C21H29N5O2/c1-14-8-10-26(20(27)28-21(3,4)5)13-17(14)24-18-11-15(2)23-19(25-18)16-7-6-9-22-12-16/h6-7,9,11-12,14,17H,8,10,13H2,1-5H3,(H,23,24,25). The molecule has 2 aromatic heterocycles. The van der Waals surface area contributed by atoms with Crippen molar-refractivity contribution in [1.29, 1.82) is 0 Å². The van der Waals surface area contributed by atoms with Gasteiger partial charge in [0.05, 0.1) is 0 Å². The molecule has 3 rings (SSSR count). The van der Waals surface area contributed by atoms with Crippen molar-refractivity contribution in [3.8, 4) is 11.4 Å². The first-order valence-electron chi connectivity index (χ1n) is 9.72. The van der Waals surface area contributed by atoms with Crippen molar-refractivity contribution in [3.05, 3.63) is 36.3 Å². The third-order valence-corrected chi connectivity index (χ3v) is 4.72. The predicted octanol–water partition coefficient (Wildman–Crippen LogP) is 3.90. The Morgan fingerprint density at radius 3 is 2.79 bits per heavy atom. The van der Waals surface area contributed by atoms with Crippen LogP contribution in [0.15, 0.2) is 30.6 Å². The summed E-state index contributed by atoms with van der Waals surface area (Å²) in [5, 5.41) is 3.51. The van der Waals surface area contributed by atoms with Gasteiger partial charge in [-0.3, -0.25) is 4.98 Å². The summed E-state index contributed by atoms with van der Waals surface area (Å²) in [4.78, 5) is 27.6. The Labute approximate surface area is 166 Å². The highest BCUT2D eigenvalue weighted by atomic mass is 16.6. The fourth-order valence-electron chi connectivity index (χ4n) is 3.21. The lowest BCUT2D eigenvalue weighted by molar-refractivity contribution is 0.0176. The lowest BCUT2D eigenvalue weighted by atomic mass is 9.93. The van der Waals surface area contributed by atoms with E-state index in [0.29, 0.717) is 24.8 Å². The van der Waals surface area contributed by atoms with E-state index in [1.807, 2.05) is 45.9 Å². The molecule has 7 heteroatoms. The number of ether oxygens (including phenoxy) is 1. The van der Waals surface area contributed by atoms with E-state index in [9.17, 15) is 4.79 Å². The van der Waals surface area contributed by atoms with Crippen LogP contribution in [0.25, 0.3) is 11.4 Å². The first-order valence-corrected chi connectivity index (χ1v) is 9.72. The van der Waals surface area contributed by atoms with E-state index in [-0.39, 0.29) is 12.1 Å². The summed E-state index contributed by atoms with van der Waals surface area (Å²) in [6, 6.07) is 5.84. The number of nitrogens with one attached hydrogen (secondary N) is 1. The van der Waals surface area contributed by atoms with Gasteiger partial charge in [0, 0.05) is 48.8 Å². The Kier molecular flexibility index (Phi) is 5.82. The van der Waals surface area contributed by atoms with Gasteiger partial charge >= 0.3 is 6.09 Å². The molecule has 1 aliphatic rings. The molecule has 0 saturated carbocycles.